The highest BCUT2D eigenvalue weighted by atomic mass is 16.1. The van der Waals surface area contributed by atoms with Crippen LogP contribution in [0, 0.1) is 6.92 Å². The van der Waals surface area contributed by atoms with Crippen LogP contribution in [0.4, 0.5) is 0 Å². The van der Waals surface area contributed by atoms with Gasteiger partial charge < -0.3 is 5.73 Å². The van der Waals surface area contributed by atoms with E-state index in [9.17, 15) is 4.79 Å². The fraction of sp³-hybridized carbons (Fsp3) is 0.462. The summed E-state index contributed by atoms with van der Waals surface area (Å²) in [5, 5.41) is 0. The van der Waals surface area contributed by atoms with Crippen LogP contribution >= 0.6 is 0 Å². The molecule has 1 aromatic rings. The molecule has 1 rings (SSSR count). The van der Waals surface area contributed by atoms with E-state index >= 15 is 0 Å². The summed E-state index contributed by atoms with van der Waals surface area (Å²) in [4.78, 5) is 11.5. The predicted octanol–water partition coefficient (Wildman–Crippen LogP) is 2.43. The monoisotopic (exact) mass is 205 g/mol. The smallest absolute Gasteiger partial charge is 0.176 e. The molecular formula is C13H19NO. The average Bonchev–Trinajstić information content (AvgIpc) is 2.15. The number of Topliss-reactive ketones (excluding diaryl/α,β-unsaturated/α-hetero) is 1. The number of aryl methyl sites for hydroxylation is 1. The molecule has 0 aliphatic heterocycles. The van der Waals surface area contributed by atoms with E-state index in [1.807, 2.05) is 19.1 Å². The largest absolute Gasteiger partial charge is 0.324 e. The Morgan fingerprint density at radius 1 is 1.33 bits per heavy atom. The zero-order chi connectivity index (χ0) is 11.6. The summed E-state index contributed by atoms with van der Waals surface area (Å²) in [5.74, 6) is 0.00737. The summed E-state index contributed by atoms with van der Waals surface area (Å²) in [6.45, 7) is 8.51. The zero-order valence-electron chi connectivity index (χ0n) is 9.92. The Balaban J connectivity index is 3.15. The minimum Gasteiger partial charge on any atom is -0.324 e. The molecular weight excluding hydrogens is 186 g/mol. The maximum absolute atomic E-state index is 11.5. The Kier molecular flexibility index (Phi) is 3.30. The molecule has 0 spiro atoms. The second-order valence-corrected chi connectivity index (χ2v) is 4.91. The third-order valence-electron chi connectivity index (χ3n) is 2.58. The molecule has 0 amide bonds. The molecule has 0 aliphatic carbocycles. The van der Waals surface area contributed by atoms with Crippen molar-refractivity contribution >= 4 is 5.78 Å². The molecule has 0 unspecified atom stereocenters. The topological polar surface area (TPSA) is 43.1 Å². The second-order valence-electron chi connectivity index (χ2n) is 4.91. The fourth-order valence-electron chi connectivity index (χ4n) is 1.55. The van der Waals surface area contributed by atoms with Crippen LogP contribution in [0.3, 0.4) is 0 Å². The number of rotatable bonds is 2. The highest BCUT2D eigenvalue weighted by molar-refractivity contribution is 5.98. The molecule has 0 atom stereocenters. The standard InChI is InChI=1S/C13H19NO/c1-9-7-10(13(2,3)4)5-6-11(9)12(15)8-14/h5-7H,8,14H2,1-4H3. The quantitative estimate of drug-likeness (QED) is 0.753. The molecule has 2 N–H and O–H groups in total. The van der Waals surface area contributed by atoms with Gasteiger partial charge in [0, 0.05) is 5.56 Å². The molecule has 1 aromatic carbocycles. The normalized spacial score (nSPS) is 11.5. The summed E-state index contributed by atoms with van der Waals surface area (Å²) < 4.78 is 0. The van der Waals surface area contributed by atoms with Crippen LogP contribution in [-0.4, -0.2) is 12.3 Å². The zero-order valence-corrected chi connectivity index (χ0v) is 9.92. The second kappa shape index (κ2) is 4.15. The van der Waals surface area contributed by atoms with Crippen molar-refractivity contribution in [3.05, 3.63) is 34.9 Å². The lowest BCUT2D eigenvalue weighted by atomic mass is 9.85. The molecule has 0 aliphatic rings. The molecule has 2 nitrogen and oxygen atoms in total. The Morgan fingerprint density at radius 2 is 1.93 bits per heavy atom. The first-order valence-corrected chi connectivity index (χ1v) is 5.20. The van der Waals surface area contributed by atoms with Crippen LogP contribution in [-0.2, 0) is 5.41 Å². The Morgan fingerprint density at radius 3 is 2.33 bits per heavy atom. The van der Waals surface area contributed by atoms with Crippen LogP contribution in [0.2, 0.25) is 0 Å². The molecule has 0 bridgehead atoms. The molecule has 2 heteroatoms. The van der Waals surface area contributed by atoms with Gasteiger partial charge in [0.2, 0.25) is 0 Å². The van der Waals surface area contributed by atoms with Gasteiger partial charge in [-0.2, -0.15) is 0 Å². The van der Waals surface area contributed by atoms with Crippen molar-refractivity contribution < 1.29 is 4.79 Å². The van der Waals surface area contributed by atoms with Gasteiger partial charge in [-0.3, -0.25) is 4.79 Å². The number of carbonyl (C=O) groups is 1. The highest BCUT2D eigenvalue weighted by Gasteiger charge is 2.15. The molecule has 0 fully saturated rings. The molecule has 0 saturated carbocycles. The first-order valence-electron chi connectivity index (χ1n) is 5.20. The molecule has 0 radical (unpaired) electrons. The van der Waals surface area contributed by atoms with Crippen LogP contribution in [0.15, 0.2) is 18.2 Å². The van der Waals surface area contributed by atoms with Crippen LogP contribution in [0.5, 0.6) is 0 Å². The minimum absolute atomic E-state index is 0.00737. The minimum atomic E-state index is 0.00737. The number of ketones is 1. The van der Waals surface area contributed by atoms with Crippen LogP contribution in [0.1, 0.15) is 42.3 Å². The summed E-state index contributed by atoms with van der Waals surface area (Å²) in [6, 6.07) is 5.96. The van der Waals surface area contributed by atoms with E-state index in [1.165, 1.54) is 5.56 Å². The van der Waals surface area contributed by atoms with Crippen LogP contribution in [0.25, 0.3) is 0 Å². The third-order valence-corrected chi connectivity index (χ3v) is 2.58. The van der Waals surface area contributed by atoms with Gasteiger partial charge in [-0.25, -0.2) is 0 Å². The molecule has 0 saturated heterocycles. The van der Waals surface area contributed by atoms with Gasteiger partial charge in [-0.1, -0.05) is 39.0 Å². The van der Waals surface area contributed by atoms with Crippen LogP contribution < -0.4 is 5.73 Å². The SMILES string of the molecule is Cc1cc(C(C)(C)C)ccc1C(=O)CN. The van der Waals surface area contributed by atoms with Crippen molar-refractivity contribution in [1.82, 2.24) is 0 Å². The lowest BCUT2D eigenvalue weighted by Crippen LogP contribution is -2.16. The maximum Gasteiger partial charge on any atom is 0.176 e. The van der Waals surface area contributed by atoms with Crippen molar-refractivity contribution in [1.29, 1.82) is 0 Å². The number of benzene rings is 1. The van der Waals surface area contributed by atoms with Gasteiger partial charge in [0.25, 0.3) is 0 Å². The van der Waals surface area contributed by atoms with E-state index in [0.717, 1.165) is 11.1 Å². The van der Waals surface area contributed by atoms with E-state index in [1.54, 1.807) is 0 Å². The molecule has 0 aromatic heterocycles. The Hall–Kier alpha value is -1.15. The first-order chi connectivity index (χ1) is 6.86. The third kappa shape index (κ3) is 2.66. The van der Waals surface area contributed by atoms with Crippen molar-refractivity contribution in [3.63, 3.8) is 0 Å². The molecule has 0 heterocycles. The fourth-order valence-corrected chi connectivity index (χ4v) is 1.55. The summed E-state index contributed by atoms with van der Waals surface area (Å²) in [6.07, 6.45) is 0. The average molecular weight is 205 g/mol. The van der Waals surface area contributed by atoms with Crippen molar-refractivity contribution in [2.45, 2.75) is 33.1 Å². The van der Waals surface area contributed by atoms with Crippen molar-refractivity contribution in [3.8, 4) is 0 Å². The summed E-state index contributed by atoms with van der Waals surface area (Å²) in [7, 11) is 0. The number of nitrogens with two attached hydrogens (primary N) is 1. The number of hydrogen-bond donors (Lipinski definition) is 1. The van der Waals surface area contributed by atoms with Gasteiger partial charge >= 0.3 is 0 Å². The van der Waals surface area contributed by atoms with Crippen molar-refractivity contribution in [2.75, 3.05) is 6.54 Å². The lowest BCUT2D eigenvalue weighted by Gasteiger charge is -2.20. The van der Waals surface area contributed by atoms with Gasteiger partial charge in [0.1, 0.15) is 0 Å². The van der Waals surface area contributed by atoms with E-state index in [-0.39, 0.29) is 17.7 Å². The van der Waals surface area contributed by atoms with Gasteiger partial charge in [-0.05, 0) is 23.5 Å². The van der Waals surface area contributed by atoms with Gasteiger partial charge in [0.05, 0.1) is 6.54 Å². The lowest BCUT2D eigenvalue weighted by molar-refractivity contribution is 0.100. The van der Waals surface area contributed by atoms with E-state index < -0.39 is 0 Å². The summed E-state index contributed by atoms with van der Waals surface area (Å²) in [5.41, 5.74) is 8.46. The van der Waals surface area contributed by atoms with E-state index in [2.05, 4.69) is 26.8 Å². The van der Waals surface area contributed by atoms with Gasteiger partial charge in [0.15, 0.2) is 5.78 Å². The number of hydrogen-bond acceptors (Lipinski definition) is 2. The van der Waals surface area contributed by atoms with Crippen molar-refractivity contribution in [2.24, 2.45) is 5.73 Å². The Labute approximate surface area is 91.5 Å². The van der Waals surface area contributed by atoms with Gasteiger partial charge in [-0.15, -0.1) is 0 Å². The predicted molar refractivity (Wildman–Crippen MR) is 63.3 cm³/mol. The highest BCUT2D eigenvalue weighted by Crippen LogP contribution is 2.24. The summed E-state index contributed by atoms with van der Waals surface area (Å²) >= 11 is 0. The molecule has 15 heavy (non-hydrogen) atoms. The molecule has 82 valence electrons. The van der Waals surface area contributed by atoms with E-state index in [4.69, 9.17) is 5.73 Å². The Bertz CT molecular complexity index is 375. The maximum atomic E-state index is 11.5. The first kappa shape index (κ1) is 11.9. The van der Waals surface area contributed by atoms with E-state index in [0.29, 0.717) is 0 Å². The number of carbonyl (C=O) groups excluding carboxylic acids is 1.